The predicted molar refractivity (Wildman–Crippen MR) is 130 cm³/mol. The van der Waals surface area contributed by atoms with Crippen molar-refractivity contribution in [3.8, 4) is 16.9 Å². The fraction of sp³-hybridized carbons (Fsp3) is 0.385. The molecule has 8 nitrogen and oxygen atoms in total. The predicted octanol–water partition coefficient (Wildman–Crippen LogP) is 3.15. The van der Waals surface area contributed by atoms with Gasteiger partial charge in [0.2, 0.25) is 15.9 Å². The molecule has 6 rings (SSSR count). The van der Waals surface area contributed by atoms with Gasteiger partial charge in [0.1, 0.15) is 17.9 Å². The summed E-state index contributed by atoms with van der Waals surface area (Å²) in [5, 5.41) is 11.5. The number of carbonyl (C=O) groups is 1. The van der Waals surface area contributed by atoms with Crippen LogP contribution >= 0.6 is 0 Å². The second kappa shape index (κ2) is 8.29. The van der Waals surface area contributed by atoms with Gasteiger partial charge in [-0.05, 0) is 55.5 Å². The Morgan fingerprint density at radius 1 is 1.03 bits per heavy atom. The van der Waals surface area contributed by atoms with Crippen molar-refractivity contribution in [3.63, 3.8) is 0 Å². The lowest BCUT2D eigenvalue weighted by atomic mass is 9.90. The Labute approximate surface area is 204 Å². The molecular formula is C26H27N3O5S. The number of rotatable bonds is 4. The van der Waals surface area contributed by atoms with Crippen molar-refractivity contribution in [1.82, 2.24) is 14.2 Å². The zero-order valence-electron chi connectivity index (χ0n) is 19.3. The molecule has 3 aliphatic rings. The standard InChI is InChI=1S/C26H27N3O5S/c30-23-16-34-26(17-29(23)20-6-7-20)11-14-28(15-12-26)35(32,33)21-8-3-18(4-9-21)22-10-5-19-2-1-13-27-24(19)25(22)31/h1-5,8-10,13,20,31H,6-7,11-12,14-17H2. The first-order valence-electron chi connectivity index (χ1n) is 12.0. The number of piperidine rings is 1. The van der Waals surface area contributed by atoms with Crippen molar-refractivity contribution in [3.05, 3.63) is 54.7 Å². The molecule has 1 aromatic heterocycles. The van der Waals surface area contributed by atoms with Gasteiger partial charge in [0, 0.05) is 36.3 Å². The van der Waals surface area contributed by atoms with Crippen LogP contribution in [0.2, 0.25) is 0 Å². The Morgan fingerprint density at radius 3 is 2.49 bits per heavy atom. The number of ether oxygens (including phenoxy) is 1. The smallest absolute Gasteiger partial charge is 0.248 e. The molecule has 35 heavy (non-hydrogen) atoms. The lowest BCUT2D eigenvalue weighted by Crippen LogP contribution is -2.59. The number of nitrogens with zero attached hydrogens (tertiary/aromatic N) is 3. The number of amides is 1. The van der Waals surface area contributed by atoms with Crippen LogP contribution in [-0.2, 0) is 19.6 Å². The molecule has 1 aliphatic carbocycles. The van der Waals surface area contributed by atoms with E-state index in [2.05, 4.69) is 4.98 Å². The second-order valence-electron chi connectivity index (χ2n) is 9.69. The lowest BCUT2D eigenvalue weighted by molar-refractivity contribution is -0.170. The first-order chi connectivity index (χ1) is 16.9. The number of benzene rings is 2. The van der Waals surface area contributed by atoms with Gasteiger partial charge in [-0.3, -0.25) is 9.78 Å². The zero-order chi connectivity index (χ0) is 24.2. The number of pyridine rings is 1. The molecule has 2 aliphatic heterocycles. The number of hydrogen-bond acceptors (Lipinski definition) is 6. The number of phenolic OH excluding ortho intramolecular Hbond substituents is 1. The molecule has 3 aromatic rings. The molecule has 1 amide bonds. The van der Waals surface area contributed by atoms with E-state index in [9.17, 15) is 18.3 Å². The van der Waals surface area contributed by atoms with Crippen molar-refractivity contribution in [2.45, 2.75) is 42.2 Å². The van der Waals surface area contributed by atoms with Gasteiger partial charge in [-0.25, -0.2) is 8.42 Å². The van der Waals surface area contributed by atoms with Crippen LogP contribution in [0.5, 0.6) is 5.75 Å². The monoisotopic (exact) mass is 493 g/mol. The van der Waals surface area contributed by atoms with E-state index in [0.29, 0.717) is 55.2 Å². The van der Waals surface area contributed by atoms with Crippen molar-refractivity contribution in [2.75, 3.05) is 26.2 Å². The van der Waals surface area contributed by atoms with Crippen LogP contribution in [0.15, 0.2) is 59.6 Å². The maximum atomic E-state index is 13.3. The van der Waals surface area contributed by atoms with Crippen molar-refractivity contribution < 1.29 is 23.1 Å². The molecule has 0 radical (unpaired) electrons. The summed E-state index contributed by atoms with van der Waals surface area (Å²) < 4.78 is 34.2. The number of sulfonamides is 1. The van der Waals surface area contributed by atoms with E-state index in [-0.39, 0.29) is 23.2 Å². The summed E-state index contributed by atoms with van der Waals surface area (Å²) >= 11 is 0. The average molecular weight is 494 g/mol. The minimum atomic E-state index is -3.67. The van der Waals surface area contributed by atoms with Crippen molar-refractivity contribution in [1.29, 1.82) is 0 Å². The highest BCUT2D eigenvalue weighted by atomic mass is 32.2. The summed E-state index contributed by atoms with van der Waals surface area (Å²) in [6, 6.07) is 14.3. The molecular weight excluding hydrogens is 466 g/mol. The highest BCUT2D eigenvalue weighted by Gasteiger charge is 2.47. The van der Waals surface area contributed by atoms with Crippen molar-refractivity contribution >= 4 is 26.8 Å². The third-order valence-corrected chi connectivity index (χ3v) is 9.37. The van der Waals surface area contributed by atoms with Gasteiger partial charge in [0.05, 0.1) is 17.0 Å². The van der Waals surface area contributed by atoms with E-state index < -0.39 is 15.6 Å². The van der Waals surface area contributed by atoms with Gasteiger partial charge in [0.15, 0.2) is 0 Å². The highest BCUT2D eigenvalue weighted by Crippen LogP contribution is 2.38. The molecule has 2 saturated heterocycles. The number of carbonyl (C=O) groups excluding carboxylic acids is 1. The molecule has 9 heteroatoms. The topological polar surface area (TPSA) is 100 Å². The molecule has 0 atom stereocenters. The molecule has 2 aromatic carbocycles. The Balaban J connectivity index is 1.18. The van der Waals surface area contributed by atoms with Gasteiger partial charge >= 0.3 is 0 Å². The average Bonchev–Trinajstić information content (AvgIpc) is 3.72. The number of aromatic nitrogens is 1. The summed E-state index contributed by atoms with van der Waals surface area (Å²) in [7, 11) is -3.67. The van der Waals surface area contributed by atoms with E-state index in [1.54, 1.807) is 30.5 Å². The van der Waals surface area contributed by atoms with Crippen LogP contribution in [0.25, 0.3) is 22.0 Å². The maximum Gasteiger partial charge on any atom is 0.248 e. The Kier molecular flexibility index (Phi) is 5.32. The Morgan fingerprint density at radius 2 is 1.77 bits per heavy atom. The molecule has 182 valence electrons. The minimum Gasteiger partial charge on any atom is -0.505 e. The third kappa shape index (κ3) is 3.97. The number of hydrogen-bond donors (Lipinski definition) is 1. The summed E-state index contributed by atoms with van der Waals surface area (Å²) in [5.41, 5.74) is 1.38. The summed E-state index contributed by atoms with van der Waals surface area (Å²) in [6.45, 7) is 1.35. The van der Waals surface area contributed by atoms with E-state index in [0.717, 1.165) is 18.2 Å². The van der Waals surface area contributed by atoms with Gasteiger partial charge in [-0.15, -0.1) is 0 Å². The normalized spacial score (nSPS) is 21.0. The third-order valence-electron chi connectivity index (χ3n) is 7.45. The Hall–Kier alpha value is -3.01. The number of phenols is 1. The zero-order valence-corrected chi connectivity index (χ0v) is 20.1. The van der Waals surface area contributed by atoms with Crippen LogP contribution in [0.1, 0.15) is 25.7 Å². The fourth-order valence-corrected chi connectivity index (χ4v) is 6.66. The number of morpholine rings is 1. The molecule has 0 unspecified atom stereocenters. The summed E-state index contributed by atoms with van der Waals surface area (Å²) in [5.74, 6) is 0.118. The highest BCUT2D eigenvalue weighted by molar-refractivity contribution is 7.89. The Bertz CT molecular complexity index is 1390. The maximum absolute atomic E-state index is 13.3. The van der Waals surface area contributed by atoms with Crippen LogP contribution < -0.4 is 0 Å². The molecule has 0 bridgehead atoms. The lowest BCUT2D eigenvalue weighted by Gasteiger charge is -2.46. The number of fused-ring (bicyclic) bond motifs is 1. The summed E-state index contributed by atoms with van der Waals surface area (Å²) in [4.78, 5) is 18.6. The largest absolute Gasteiger partial charge is 0.505 e. The van der Waals surface area contributed by atoms with Gasteiger partial charge < -0.3 is 14.7 Å². The van der Waals surface area contributed by atoms with E-state index in [1.165, 1.54) is 4.31 Å². The fourth-order valence-electron chi connectivity index (χ4n) is 5.22. The molecule has 1 N–H and O–H groups in total. The minimum absolute atomic E-state index is 0.0431. The van der Waals surface area contributed by atoms with Crippen molar-refractivity contribution in [2.24, 2.45) is 0 Å². The number of aromatic hydroxyl groups is 1. The van der Waals surface area contributed by atoms with Crippen LogP contribution in [0, 0.1) is 0 Å². The molecule has 1 saturated carbocycles. The van der Waals surface area contributed by atoms with Gasteiger partial charge in [-0.2, -0.15) is 4.31 Å². The molecule has 3 fully saturated rings. The van der Waals surface area contributed by atoms with Gasteiger partial charge in [-0.1, -0.05) is 24.3 Å². The first-order valence-corrected chi connectivity index (χ1v) is 13.4. The first kappa shape index (κ1) is 22.5. The van der Waals surface area contributed by atoms with Crippen LogP contribution in [-0.4, -0.2) is 71.5 Å². The second-order valence-corrected chi connectivity index (χ2v) is 11.6. The molecule has 3 heterocycles. The van der Waals surface area contributed by atoms with E-state index in [4.69, 9.17) is 4.74 Å². The van der Waals surface area contributed by atoms with Gasteiger partial charge in [0.25, 0.3) is 0 Å². The quantitative estimate of drug-likeness (QED) is 0.599. The summed E-state index contributed by atoms with van der Waals surface area (Å²) in [6.07, 6.45) is 4.86. The van der Waals surface area contributed by atoms with E-state index in [1.807, 2.05) is 29.2 Å². The van der Waals surface area contributed by atoms with E-state index >= 15 is 0 Å². The van der Waals surface area contributed by atoms with Crippen LogP contribution in [0.4, 0.5) is 0 Å². The SMILES string of the molecule is O=C1COC2(CCN(S(=O)(=O)c3ccc(-c4ccc5cccnc5c4O)cc3)CC2)CN1C1CC1. The van der Waals surface area contributed by atoms with Crippen LogP contribution in [0.3, 0.4) is 0 Å². The molecule has 1 spiro atoms.